The zero-order valence-corrected chi connectivity index (χ0v) is 17.1. The van der Waals surface area contributed by atoms with Gasteiger partial charge in [0.15, 0.2) is 22.8 Å². The molecule has 2 aliphatic rings. The summed E-state index contributed by atoms with van der Waals surface area (Å²) < 4.78 is 21.8. The van der Waals surface area contributed by atoms with E-state index in [0.29, 0.717) is 40.5 Å². The molecular formula is C19H16ClFN8O2. The second kappa shape index (κ2) is 6.58. The van der Waals surface area contributed by atoms with Gasteiger partial charge in [0, 0.05) is 32.1 Å². The first kappa shape index (κ1) is 18.4. The first-order valence-electron chi connectivity index (χ1n) is 9.74. The Bertz CT molecular complexity index is 1370. The van der Waals surface area contributed by atoms with E-state index in [2.05, 4.69) is 30.0 Å². The van der Waals surface area contributed by atoms with Crippen LogP contribution in [0.1, 0.15) is 17.6 Å². The van der Waals surface area contributed by atoms with Gasteiger partial charge in [-0.3, -0.25) is 9.36 Å². The molecule has 10 nitrogen and oxygen atoms in total. The van der Waals surface area contributed by atoms with E-state index >= 15 is 0 Å². The van der Waals surface area contributed by atoms with E-state index < -0.39 is 5.82 Å². The average molecular weight is 443 g/mol. The molecule has 0 bridgehead atoms. The molecule has 0 aromatic carbocycles. The van der Waals surface area contributed by atoms with Crippen molar-refractivity contribution in [1.29, 1.82) is 0 Å². The fraction of sp³-hybridized carbons (Fsp3) is 0.368. The molecule has 31 heavy (non-hydrogen) atoms. The predicted octanol–water partition coefficient (Wildman–Crippen LogP) is 1.60. The summed E-state index contributed by atoms with van der Waals surface area (Å²) in [6.45, 7) is 1.69. The minimum atomic E-state index is -0.524. The Morgan fingerprint density at radius 1 is 1.23 bits per heavy atom. The Labute approximate surface area is 179 Å². The Balaban J connectivity index is 1.16. The Morgan fingerprint density at radius 3 is 2.77 bits per heavy atom. The van der Waals surface area contributed by atoms with Crippen molar-refractivity contribution in [3.63, 3.8) is 0 Å². The summed E-state index contributed by atoms with van der Waals surface area (Å²) in [4.78, 5) is 31.7. The summed E-state index contributed by atoms with van der Waals surface area (Å²) in [6.07, 6.45) is 4.13. The largest absolute Gasteiger partial charge is 0.356 e. The van der Waals surface area contributed by atoms with Crippen LogP contribution >= 0.6 is 11.6 Å². The lowest BCUT2D eigenvalue weighted by Gasteiger charge is -2.20. The fourth-order valence-corrected chi connectivity index (χ4v) is 4.62. The number of halogens is 2. The van der Waals surface area contributed by atoms with Crippen LogP contribution in [0.15, 0.2) is 34.2 Å². The molecule has 1 aliphatic heterocycles. The van der Waals surface area contributed by atoms with Gasteiger partial charge in [0.25, 0.3) is 5.56 Å². The number of hydrogen-bond donors (Lipinski definition) is 0. The minimum absolute atomic E-state index is 0.0685. The van der Waals surface area contributed by atoms with Gasteiger partial charge in [-0.1, -0.05) is 16.8 Å². The van der Waals surface area contributed by atoms with Gasteiger partial charge in [0.05, 0.1) is 17.5 Å². The van der Waals surface area contributed by atoms with Gasteiger partial charge < -0.3 is 14.0 Å². The second-order valence-corrected chi connectivity index (χ2v) is 8.37. The zero-order valence-electron chi connectivity index (χ0n) is 16.3. The van der Waals surface area contributed by atoms with E-state index in [0.717, 1.165) is 19.3 Å². The van der Waals surface area contributed by atoms with Crippen LogP contribution in [-0.2, 0) is 13.6 Å². The second-order valence-electron chi connectivity index (χ2n) is 7.97. The van der Waals surface area contributed by atoms with Gasteiger partial charge in [-0.05, 0) is 11.8 Å². The van der Waals surface area contributed by atoms with E-state index in [1.165, 1.54) is 10.9 Å². The molecule has 0 spiro atoms. The van der Waals surface area contributed by atoms with Crippen LogP contribution in [0.5, 0.6) is 0 Å². The molecular weight excluding hydrogens is 427 g/mol. The zero-order chi connectivity index (χ0) is 21.3. The van der Waals surface area contributed by atoms with Crippen molar-refractivity contribution in [2.45, 2.75) is 12.5 Å². The monoisotopic (exact) mass is 442 g/mol. The predicted molar refractivity (Wildman–Crippen MR) is 107 cm³/mol. The van der Waals surface area contributed by atoms with Crippen LogP contribution < -0.4 is 10.5 Å². The molecule has 4 aromatic rings. The van der Waals surface area contributed by atoms with E-state index in [4.69, 9.17) is 16.1 Å². The number of fused-ring (bicyclic) bond motifs is 2. The van der Waals surface area contributed by atoms with Crippen molar-refractivity contribution >= 4 is 28.6 Å². The van der Waals surface area contributed by atoms with Crippen molar-refractivity contribution < 1.29 is 8.91 Å². The quantitative estimate of drug-likeness (QED) is 0.469. The molecule has 1 saturated heterocycles. The molecule has 2 fully saturated rings. The van der Waals surface area contributed by atoms with Gasteiger partial charge in [-0.15, -0.1) is 0 Å². The lowest BCUT2D eigenvalue weighted by atomic mass is 10.2. The van der Waals surface area contributed by atoms with Crippen molar-refractivity contribution in [3.05, 3.63) is 57.8 Å². The molecule has 5 heterocycles. The third kappa shape index (κ3) is 2.91. The number of aromatic nitrogens is 7. The molecule has 1 saturated carbocycles. The fourth-order valence-electron chi connectivity index (χ4n) is 4.47. The molecule has 1 unspecified atom stereocenters. The van der Waals surface area contributed by atoms with Crippen LogP contribution in [0.3, 0.4) is 0 Å². The first-order chi connectivity index (χ1) is 15.0. The molecule has 4 aromatic heterocycles. The molecule has 12 heteroatoms. The number of anilines is 1. The molecule has 3 atom stereocenters. The molecule has 0 amide bonds. The number of rotatable bonds is 4. The Morgan fingerprint density at radius 2 is 2.00 bits per heavy atom. The van der Waals surface area contributed by atoms with E-state index in [1.807, 2.05) is 0 Å². The maximum Gasteiger partial charge on any atom is 0.280 e. The maximum absolute atomic E-state index is 13.3. The highest BCUT2D eigenvalue weighted by molar-refractivity contribution is 6.30. The normalized spacial score (nSPS) is 22.3. The van der Waals surface area contributed by atoms with Crippen molar-refractivity contribution in [1.82, 2.24) is 34.2 Å². The molecule has 0 radical (unpaired) electrons. The standard InChI is InChI=1S/C19H16ClFN8O2/c1-27-7-23-18-16(27)19(30)29(8-24-18)6-14-25-17(26-31-14)15-9-4-28(5-10(9)15)13-2-11(20)12(21)3-22-13/h2-3,7-10,15H,4-6H2,1H3/t9-,10+,15?. The number of aryl methyl sites for hydroxylation is 1. The smallest absolute Gasteiger partial charge is 0.280 e. The van der Waals surface area contributed by atoms with Crippen molar-refractivity contribution in [3.8, 4) is 0 Å². The summed E-state index contributed by atoms with van der Waals surface area (Å²) in [5.41, 5.74) is 0.616. The van der Waals surface area contributed by atoms with Crippen molar-refractivity contribution in [2.24, 2.45) is 18.9 Å². The summed E-state index contributed by atoms with van der Waals surface area (Å²) >= 11 is 5.87. The maximum atomic E-state index is 13.3. The highest BCUT2D eigenvalue weighted by Gasteiger charge is 2.58. The number of piperidine rings is 1. The first-order valence-corrected chi connectivity index (χ1v) is 10.1. The van der Waals surface area contributed by atoms with Gasteiger partial charge in [0.1, 0.15) is 18.7 Å². The topological polar surface area (TPSA) is 108 Å². The summed E-state index contributed by atoms with van der Waals surface area (Å²) in [6, 6.07) is 1.55. The Hall–Kier alpha value is -3.34. The van der Waals surface area contributed by atoms with Gasteiger partial charge >= 0.3 is 0 Å². The van der Waals surface area contributed by atoms with Crippen LogP contribution in [-0.4, -0.2) is 47.3 Å². The van der Waals surface area contributed by atoms with Gasteiger partial charge in [-0.2, -0.15) is 4.98 Å². The average Bonchev–Trinajstić information content (AvgIpc) is 3.18. The van der Waals surface area contributed by atoms with E-state index in [1.54, 1.807) is 24.0 Å². The lowest BCUT2D eigenvalue weighted by molar-refractivity contribution is 0.363. The van der Waals surface area contributed by atoms with Crippen LogP contribution in [0.4, 0.5) is 10.2 Å². The summed E-state index contributed by atoms with van der Waals surface area (Å²) in [5, 5.41) is 4.20. The van der Waals surface area contributed by atoms with Gasteiger partial charge in [0.2, 0.25) is 5.89 Å². The third-order valence-electron chi connectivity index (χ3n) is 6.10. The SMILES string of the molecule is Cn1cnc2ncn(Cc3nc(C4[C@H]5CN(c6cc(Cl)c(F)cn6)C[C@@H]45)no3)c(=O)c21. The van der Waals surface area contributed by atoms with Crippen LogP contribution in [0.2, 0.25) is 5.02 Å². The lowest BCUT2D eigenvalue weighted by Crippen LogP contribution is -2.24. The molecule has 6 rings (SSSR count). The van der Waals surface area contributed by atoms with E-state index in [9.17, 15) is 9.18 Å². The number of imidazole rings is 1. The minimum Gasteiger partial charge on any atom is -0.356 e. The summed E-state index contributed by atoms with van der Waals surface area (Å²) in [5.74, 6) is 2.12. The van der Waals surface area contributed by atoms with Crippen LogP contribution in [0, 0.1) is 17.7 Å². The van der Waals surface area contributed by atoms with Crippen molar-refractivity contribution in [2.75, 3.05) is 18.0 Å². The highest BCUT2D eigenvalue weighted by atomic mass is 35.5. The highest BCUT2D eigenvalue weighted by Crippen LogP contribution is 2.57. The number of nitrogens with zero attached hydrogens (tertiary/aromatic N) is 8. The van der Waals surface area contributed by atoms with Crippen LogP contribution in [0.25, 0.3) is 11.2 Å². The number of pyridine rings is 1. The third-order valence-corrected chi connectivity index (χ3v) is 6.39. The van der Waals surface area contributed by atoms with E-state index in [-0.39, 0.29) is 23.0 Å². The molecule has 158 valence electrons. The summed E-state index contributed by atoms with van der Waals surface area (Å²) in [7, 11) is 1.75. The number of hydrogen-bond acceptors (Lipinski definition) is 8. The Kier molecular flexibility index (Phi) is 3.91. The molecule has 1 aliphatic carbocycles. The molecule has 0 N–H and O–H groups in total. The van der Waals surface area contributed by atoms with Gasteiger partial charge in [-0.25, -0.2) is 19.3 Å².